The summed E-state index contributed by atoms with van der Waals surface area (Å²) in [6.45, 7) is 4.40. The monoisotopic (exact) mass is 247 g/mol. The third-order valence-corrected chi connectivity index (χ3v) is 4.64. The van der Waals surface area contributed by atoms with E-state index in [0.29, 0.717) is 6.04 Å². The van der Waals surface area contributed by atoms with Crippen LogP contribution in [0.2, 0.25) is 0 Å². The van der Waals surface area contributed by atoms with Gasteiger partial charge in [-0.2, -0.15) is 0 Å². The zero-order chi connectivity index (χ0) is 13.2. The van der Waals surface area contributed by atoms with Crippen LogP contribution in [0.25, 0.3) is 0 Å². The molecule has 0 amide bonds. The quantitative estimate of drug-likeness (QED) is 0.859. The minimum Gasteiger partial charge on any atom is -0.378 e. The average Bonchev–Trinajstić information content (AvgIpc) is 2.33. The van der Waals surface area contributed by atoms with Crippen molar-refractivity contribution in [2.45, 2.75) is 51.2 Å². The summed E-state index contributed by atoms with van der Waals surface area (Å²) in [5.74, 6) is 0. The molecule has 1 aliphatic rings. The van der Waals surface area contributed by atoms with Crippen molar-refractivity contribution in [3.8, 4) is 0 Å². The molecule has 2 nitrogen and oxygen atoms in total. The Morgan fingerprint density at radius 2 is 2.06 bits per heavy atom. The Labute approximate surface area is 111 Å². The zero-order valence-electron chi connectivity index (χ0n) is 12.0. The van der Waals surface area contributed by atoms with E-state index in [1.165, 1.54) is 36.0 Å². The fourth-order valence-corrected chi connectivity index (χ4v) is 2.95. The van der Waals surface area contributed by atoms with E-state index in [-0.39, 0.29) is 5.60 Å². The number of hydrogen-bond acceptors (Lipinski definition) is 2. The lowest BCUT2D eigenvalue weighted by atomic mass is 9.74. The Morgan fingerprint density at radius 1 is 1.33 bits per heavy atom. The summed E-state index contributed by atoms with van der Waals surface area (Å²) in [4.78, 5) is 0. The van der Waals surface area contributed by atoms with Gasteiger partial charge in [0.15, 0.2) is 0 Å². The van der Waals surface area contributed by atoms with Gasteiger partial charge in [0.25, 0.3) is 0 Å². The van der Waals surface area contributed by atoms with Crippen LogP contribution in [-0.2, 0) is 4.74 Å². The Hall–Kier alpha value is -0.860. The van der Waals surface area contributed by atoms with E-state index in [1.807, 2.05) is 7.11 Å². The molecule has 18 heavy (non-hydrogen) atoms. The summed E-state index contributed by atoms with van der Waals surface area (Å²) in [7, 11) is 3.91. The number of nitrogens with one attached hydrogen (secondary N) is 1. The molecule has 1 N–H and O–H groups in total. The summed E-state index contributed by atoms with van der Waals surface area (Å²) in [5, 5.41) is 3.46. The first-order valence-corrected chi connectivity index (χ1v) is 6.90. The van der Waals surface area contributed by atoms with Crippen LogP contribution < -0.4 is 5.32 Å². The van der Waals surface area contributed by atoms with Gasteiger partial charge in [0.2, 0.25) is 0 Å². The first-order valence-electron chi connectivity index (χ1n) is 6.90. The Bertz CT molecular complexity index is 404. The molecule has 1 atom stereocenters. The van der Waals surface area contributed by atoms with E-state index in [4.69, 9.17) is 4.74 Å². The van der Waals surface area contributed by atoms with Crippen LogP contribution in [0.15, 0.2) is 18.2 Å². The maximum Gasteiger partial charge on any atom is 0.0697 e. The summed E-state index contributed by atoms with van der Waals surface area (Å²) in [5.41, 5.74) is 4.31. The van der Waals surface area contributed by atoms with Gasteiger partial charge in [-0.3, -0.25) is 0 Å². The highest BCUT2D eigenvalue weighted by molar-refractivity contribution is 5.35. The smallest absolute Gasteiger partial charge is 0.0697 e. The average molecular weight is 247 g/mol. The number of hydrogen-bond donors (Lipinski definition) is 1. The Balaban J connectivity index is 2.20. The molecule has 0 bridgehead atoms. The molecule has 2 rings (SSSR count). The van der Waals surface area contributed by atoms with Crippen LogP contribution in [0.4, 0.5) is 0 Å². The molecule has 2 heteroatoms. The van der Waals surface area contributed by atoms with Gasteiger partial charge in [0.1, 0.15) is 0 Å². The summed E-state index contributed by atoms with van der Waals surface area (Å²) in [6.07, 6.45) is 4.78. The fourth-order valence-electron chi connectivity index (χ4n) is 2.95. The Morgan fingerprint density at radius 3 is 2.56 bits per heavy atom. The van der Waals surface area contributed by atoms with E-state index in [2.05, 4.69) is 44.4 Å². The largest absolute Gasteiger partial charge is 0.378 e. The zero-order valence-corrected chi connectivity index (χ0v) is 12.0. The molecule has 0 heterocycles. The van der Waals surface area contributed by atoms with Gasteiger partial charge in [0.05, 0.1) is 5.60 Å². The predicted octanol–water partition coefficient (Wildman–Crippen LogP) is 3.52. The van der Waals surface area contributed by atoms with Gasteiger partial charge in [-0.05, 0) is 63.3 Å². The standard InChI is InChI=1S/C16H25NO/c1-12-7-5-8-14(13(12)2)15(17-3)11-16(18-4)9-6-10-16/h5,7-8,15,17H,6,9-11H2,1-4H3. The molecule has 100 valence electrons. The molecule has 0 spiro atoms. The highest BCUT2D eigenvalue weighted by Crippen LogP contribution is 2.42. The second-order valence-corrected chi connectivity index (χ2v) is 5.58. The topological polar surface area (TPSA) is 21.3 Å². The van der Waals surface area contributed by atoms with Crippen molar-refractivity contribution in [2.24, 2.45) is 0 Å². The molecule has 1 aromatic rings. The molecule has 1 aromatic carbocycles. The molecule has 1 aliphatic carbocycles. The minimum atomic E-state index is 0.115. The Kier molecular flexibility index (Phi) is 4.08. The maximum absolute atomic E-state index is 5.76. The molecular weight excluding hydrogens is 222 g/mol. The van der Waals surface area contributed by atoms with Gasteiger partial charge in [-0.15, -0.1) is 0 Å². The second kappa shape index (κ2) is 5.41. The lowest BCUT2D eigenvalue weighted by Gasteiger charge is -2.43. The molecule has 1 fully saturated rings. The van der Waals surface area contributed by atoms with Gasteiger partial charge in [-0.1, -0.05) is 18.2 Å². The molecule has 1 saturated carbocycles. The van der Waals surface area contributed by atoms with Gasteiger partial charge in [-0.25, -0.2) is 0 Å². The van der Waals surface area contributed by atoms with E-state index >= 15 is 0 Å². The minimum absolute atomic E-state index is 0.115. The molecule has 0 saturated heterocycles. The van der Waals surface area contributed by atoms with Crippen molar-refractivity contribution in [1.29, 1.82) is 0 Å². The molecule has 1 unspecified atom stereocenters. The van der Waals surface area contributed by atoms with E-state index in [1.54, 1.807) is 0 Å². The van der Waals surface area contributed by atoms with Crippen LogP contribution in [0.5, 0.6) is 0 Å². The van der Waals surface area contributed by atoms with Crippen molar-refractivity contribution < 1.29 is 4.74 Å². The number of methoxy groups -OCH3 is 1. The van der Waals surface area contributed by atoms with Gasteiger partial charge < -0.3 is 10.1 Å². The summed E-state index contributed by atoms with van der Waals surface area (Å²) < 4.78 is 5.76. The van der Waals surface area contributed by atoms with E-state index in [0.717, 1.165) is 6.42 Å². The fraction of sp³-hybridized carbons (Fsp3) is 0.625. The number of ether oxygens (including phenoxy) is 1. The van der Waals surface area contributed by atoms with Crippen molar-refractivity contribution in [1.82, 2.24) is 5.32 Å². The van der Waals surface area contributed by atoms with Crippen LogP contribution in [-0.4, -0.2) is 19.8 Å². The normalized spacial score (nSPS) is 19.3. The van der Waals surface area contributed by atoms with Gasteiger partial charge in [0, 0.05) is 13.2 Å². The van der Waals surface area contributed by atoms with E-state index in [9.17, 15) is 0 Å². The van der Waals surface area contributed by atoms with Crippen molar-refractivity contribution in [3.05, 3.63) is 34.9 Å². The van der Waals surface area contributed by atoms with Crippen LogP contribution in [0, 0.1) is 13.8 Å². The van der Waals surface area contributed by atoms with E-state index < -0.39 is 0 Å². The first kappa shape index (κ1) is 13.6. The highest BCUT2D eigenvalue weighted by Gasteiger charge is 2.39. The van der Waals surface area contributed by atoms with Gasteiger partial charge >= 0.3 is 0 Å². The maximum atomic E-state index is 5.76. The second-order valence-electron chi connectivity index (χ2n) is 5.58. The lowest BCUT2D eigenvalue weighted by molar-refractivity contribution is -0.0834. The number of aryl methyl sites for hydroxylation is 1. The SMILES string of the molecule is CNC(CC1(OC)CCC1)c1cccc(C)c1C. The van der Waals surface area contributed by atoms with Crippen LogP contribution in [0.1, 0.15) is 48.4 Å². The van der Waals surface area contributed by atoms with Crippen molar-refractivity contribution in [3.63, 3.8) is 0 Å². The molecule has 0 radical (unpaired) electrons. The summed E-state index contributed by atoms with van der Waals surface area (Å²) >= 11 is 0. The molecule has 0 aliphatic heterocycles. The highest BCUT2D eigenvalue weighted by atomic mass is 16.5. The van der Waals surface area contributed by atoms with Crippen LogP contribution in [0.3, 0.4) is 0 Å². The number of benzene rings is 1. The predicted molar refractivity (Wildman–Crippen MR) is 75.9 cm³/mol. The van der Waals surface area contributed by atoms with Crippen LogP contribution >= 0.6 is 0 Å². The number of rotatable bonds is 5. The third kappa shape index (κ3) is 2.45. The lowest BCUT2D eigenvalue weighted by Crippen LogP contribution is -2.42. The van der Waals surface area contributed by atoms with Crippen molar-refractivity contribution >= 4 is 0 Å². The molecular formula is C16H25NO. The molecule has 0 aromatic heterocycles. The third-order valence-electron chi connectivity index (χ3n) is 4.64. The summed E-state index contributed by atoms with van der Waals surface area (Å²) in [6, 6.07) is 6.97. The first-order chi connectivity index (χ1) is 8.62. The van der Waals surface area contributed by atoms with Crippen molar-refractivity contribution in [2.75, 3.05) is 14.2 Å².